The molecule has 1 amide bonds. The van der Waals surface area contributed by atoms with Crippen molar-refractivity contribution in [2.75, 3.05) is 14.2 Å². The van der Waals surface area contributed by atoms with Crippen LogP contribution in [-0.2, 0) is 0 Å². The summed E-state index contributed by atoms with van der Waals surface area (Å²) >= 11 is 6.49. The van der Waals surface area contributed by atoms with E-state index >= 15 is 0 Å². The van der Waals surface area contributed by atoms with Gasteiger partial charge in [0.15, 0.2) is 0 Å². The van der Waals surface area contributed by atoms with Crippen LogP contribution in [0.15, 0.2) is 114 Å². The van der Waals surface area contributed by atoms with Gasteiger partial charge in [-0.3, -0.25) is 4.79 Å². The topological polar surface area (TPSA) is 69.0 Å². The van der Waals surface area contributed by atoms with E-state index in [0.29, 0.717) is 34.2 Å². The quantitative estimate of drug-likeness (QED) is 0.210. The number of methoxy groups -OCH3 is 2. The van der Waals surface area contributed by atoms with Crippen LogP contribution in [0, 0.1) is 0 Å². The first kappa shape index (κ1) is 26.3. The average Bonchev–Trinajstić information content (AvgIpc) is 3.67. The molecule has 0 radical (unpaired) electrons. The summed E-state index contributed by atoms with van der Waals surface area (Å²) in [5.41, 5.74) is 5.36. The Morgan fingerprint density at radius 3 is 2.29 bits per heavy atom. The molecule has 7 nitrogen and oxygen atoms in total. The van der Waals surface area contributed by atoms with Crippen molar-refractivity contribution in [2.45, 2.75) is 12.5 Å². The van der Waals surface area contributed by atoms with Crippen molar-refractivity contribution in [1.82, 2.24) is 14.8 Å². The SMILES string of the molecule is COc1ccc(C2=NN(C(=O)c3ccccc3Cl)C(c3cn(-c4ccccc4)nc3-c3ccccc3)C2)c(OC)c1. The summed E-state index contributed by atoms with van der Waals surface area (Å²) in [5.74, 6) is 0.979. The van der Waals surface area contributed by atoms with Crippen molar-refractivity contribution in [3.8, 4) is 28.4 Å². The van der Waals surface area contributed by atoms with Crippen LogP contribution in [0.3, 0.4) is 0 Å². The monoisotopic (exact) mass is 562 g/mol. The molecule has 2 heterocycles. The highest BCUT2D eigenvalue weighted by molar-refractivity contribution is 6.33. The fourth-order valence-corrected chi connectivity index (χ4v) is 5.28. The highest BCUT2D eigenvalue weighted by Gasteiger charge is 2.38. The predicted molar refractivity (Wildman–Crippen MR) is 160 cm³/mol. The summed E-state index contributed by atoms with van der Waals surface area (Å²) in [6.07, 6.45) is 2.43. The molecule has 1 aliphatic heterocycles. The molecule has 0 spiro atoms. The molecule has 8 heteroatoms. The Morgan fingerprint density at radius 1 is 0.878 bits per heavy atom. The van der Waals surface area contributed by atoms with Crippen LogP contribution >= 0.6 is 11.6 Å². The molecule has 0 N–H and O–H groups in total. The number of ether oxygens (including phenoxy) is 2. The van der Waals surface area contributed by atoms with E-state index in [0.717, 1.165) is 28.1 Å². The van der Waals surface area contributed by atoms with Gasteiger partial charge in [0.2, 0.25) is 0 Å². The van der Waals surface area contributed by atoms with Gasteiger partial charge in [-0.15, -0.1) is 0 Å². The van der Waals surface area contributed by atoms with Gasteiger partial charge >= 0.3 is 0 Å². The van der Waals surface area contributed by atoms with E-state index in [-0.39, 0.29) is 5.91 Å². The molecule has 1 aliphatic rings. The van der Waals surface area contributed by atoms with Gasteiger partial charge < -0.3 is 9.47 Å². The Hall–Kier alpha value is -4.88. The minimum atomic E-state index is -0.451. The van der Waals surface area contributed by atoms with Crippen LogP contribution in [0.4, 0.5) is 0 Å². The fourth-order valence-electron chi connectivity index (χ4n) is 5.06. The van der Waals surface area contributed by atoms with Crippen molar-refractivity contribution >= 4 is 23.2 Å². The van der Waals surface area contributed by atoms with Gasteiger partial charge in [0.25, 0.3) is 5.91 Å². The van der Waals surface area contributed by atoms with Gasteiger partial charge in [-0.25, -0.2) is 9.69 Å². The first-order valence-electron chi connectivity index (χ1n) is 13.2. The van der Waals surface area contributed by atoms with E-state index < -0.39 is 6.04 Å². The number of benzene rings is 4. The zero-order valence-corrected chi connectivity index (χ0v) is 23.3. The lowest BCUT2D eigenvalue weighted by molar-refractivity contribution is 0.0712. The standard InChI is InChI=1S/C33H27ClN4O3/c1-40-24-17-18-26(31(19-24)41-2)29-20-30(38(35-29)33(39)25-15-9-10-16-28(25)34)27-21-37(23-13-7-4-8-14-23)36-32(27)22-11-5-3-6-12-22/h3-19,21,30H,20H2,1-2H3. The third-order valence-corrected chi connectivity index (χ3v) is 7.44. The summed E-state index contributed by atoms with van der Waals surface area (Å²) in [6.45, 7) is 0. The van der Waals surface area contributed by atoms with Crippen molar-refractivity contribution in [3.05, 3.63) is 131 Å². The average molecular weight is 563 g/mol. The number of para-hydroxylation sites is 1. The second kappa shape index (κ2) is 11.3. The number of hydrazone groups is 1. The van der Waals surface area contributed by atoms with Gasteiger partial charge in [-0.05, 0) is 36.4 Å². The molecule has 0 saturated carbocycles. The minimum absolute atomic E-state index is 0.297. The van der Waals surface area contributed by atoms with Crippen molar-refractivity contribution < 1.29 is 14.3 Å². The molecule has 0 aliphatic carbocycles. The van der Waals surface area contributed by atoms with Gasteiger partial charge in [0.05, 0.1) is 47.9 Å². The van der Waals surface area contributed by atoms with Crippen LogP contribution < -0.4 is 9.47 Å². The molecule has 4 aromatic carbocycles. The fraction of sp³-hybridized carbons (Fsp3) is 0.121. The number of aromatic nitrogens is 2. The number of carbonyl (C=O) groups is 1. The maximum Gasteiger partial charge on any atom is 0.276 e. The van der Waals surface area contributed by atoms with E-state index in [1.807, 2.05) is 89.7 Å². The highest BCUT2D eigenvalue weighted by Crippen LogP contribution is 2.41. The maximum atomic E-state index is 14.1. The minimum Gasteiger partial charge on any atom is -0.497 e. The molecule has 0 bridgehead atoms. The largest absolute Gasteiger partial charge is 0.497 e. The lowest BCUT2D eigenvalue weighted by Crippen LogP contribution is -2.27. The van der Waals surface area contributed by atoms with Gasteiger partial charge in [0.1, 0.15) is 11.5 Å². The van der Waals surface area contributed by atoms with Crippen LogP contribution in [0.1, 0.15) is 33.9 Å². The predicted octanol–water partition coefficient (Wildman–Crippen LogP) is 7.20. The first-order chi connectivity index (χ1) is 20.1. The third kappa shape index (κ3) is 5.08. The smallest absolute Gasteiger partial charge is 0.276 e. The molecule has 1 unspecified atom stereocenters. The van der Waals surface area contributed by atoms with E-state index in [9.17, 15) is 4.79 Å². The summed E-state index contributed by atoms with van der Waals surface area (Å²) in [5, 5.41) is 11.8. The van der Waals surface area contributed by atoms with E-state index in [2.05, 4.69) is 0 Å². The number of halogens is 1. The summed E-state index contributed by atoms with van der Waals surface area (Å²) in [6, 6.07) is 32.0. The van der Waals surface area contributed by atoms with Crippen LogP contribution in [0.5, 0.6) is 11.5 Å². The second-order valence-corrected chi connectivity index (χ2v) is 9.95. The van der Waals surface area contributed by atoms with Crippen LogP contribution in [0.25, 0.3) is 16.9 Å². The molecule has 41 heavy (non-hydrogen) atoms. The number of amides is 1. The van der Waals surface area contributed by atoms with Crippen molar-refractivity contribution in [3.63, 3.8) is 0 Å². The maximum absolute atomic E-state index is 14.1. The number of hydrogen-bond donors (Lipinski definition) is 0. The molecule has 1 atom stereocenters. The Balaban J connectivity index is 1.51. The summed E-state index contributed by atoms with van der Waals surface area (Å²) < 4.78 is 12.9. The Labute approximate surface area is 243 Å². The molecule has 0 fully saturated rings. The Bertz CT molecular complexity index is 1730. The number of rotatable bonds is 7. The van der Waals surface area contributed by atoms with E-state index in [1.165, 1.54) is 5.01 Å². The lowest BCUT2D eigenvalue weighted by Gasteiger charge is -2.22. The van der Waals surface area contributed by atoms with Gasteiger partial charge in [-0.2, -0.15) is 10.2 Å². The molecular weight excluding hydrogens is 536 g/mol. The Morgan fingerprint density at radius 2 is 1.59 bits per heavy atom. The zero-order chi connectivity index (χ0) is 28.3. The third-order valence-electron chi connectivity index (χ3n) is 7.11. The molecule has 1 aromatic heterocycles. The van der Waals surface area contributed by atoms with E-state index in [1.54, 1.807) is 38.5 Å². The number of hydrogen-bond acceptors (Lipinski definition) is 5. The lowest BCUT2D eigenvalue weighted by atomic mass is 9.95. The van der Waals surface area contributed by atoms with E-state index in [4.69, 9.17) is 31.3 Å². The van der Waals surface area contributed by atoms with Crippen molar-refractivity contribution in [1.29, 1.82) is 0 Å². The van der Waals surface area contributed by atoms with Gasteiger partial charge in [0, 0.05) is 35.4 Å². The van der Waals surface area contributed by atoms with Crippen LogP contribution in [-0.4, -0.2) is 40.6 Å². The summed E-state index contributed by atoms with van der Waals surface area (Å²) in [4.78, 5) is 14.1. The first-order valence-corrected chi connectivity index (χ1v) is 13.5. The molecule has 0 saturated heterocycles. The molecule has 6 rings (SSSR count). The normalized spacial score (nSPS) is 14.6. The summed E-state index contributed by atoms with van der Waals surface area (Å²) in [7, 11) is 3.21. The zero-order valence-electron chi connectivity index (χ0n) is 22.6. The molecular formula is C33H27ClN4O3. The molecule has 5 aromatic rings. The highest BCUT2D eigenvalue weighted by atomic mass is 35.5. The number of carbonyl (C=O) groups excluding carboxylic acids is 1. The number of nitrogens with zero attached hydrogens (tertiary/aromatic N) is 4. The van der Waals surface area contributed by atoms with Crippen molar-refractivity contribution in [2.24, 2.45) is 5.10 Å². The van der Waals surface area contributed by atoms with Gasteiger partial charge in [-0.1, -0.05) is 72.3 Å². The van der Waals surface area contributed by atoms with Crippen LogP contribution in [0.2, 0.25) is 5.02 Å². The Kier molecular flexibility index (Phi) is 7.27. The second-order valence-electron chi connectivity index (χ2n) is 9.54. The molecule has 204 valence electrons.